The van der Waals surface area contributed by atoms with Crippen LogP contribution < -0.4 is 4.90 Å². The van der Waals surface area contributed by atoms with Gasteiger partial charge in [0.2, 0.25) is 11.8 Å². The van der Waals surface area contributed by atoms with Crippen LogP contribution in [0.25, 0.3) is 11.0 Å². The summed E-state index contributed by atoms with van der Waals surface area (Å²) in [5.41, 5.74) is 2.81. The maximum Gasteiger partial charge on any atom is 0.228 e. The molecule has 2 aromatic carbocycles. The van der Waals surface area contributed by atoms with Crippen molar-refractivity contribution in [3.05, 3.63) is 48.0 Å². The highest BCUT2D eigenvalue weighted by atomic mass is 16.6. The molecule has 0 saturated carbocycles. The maximum atomic E-state index is 12.8. The summed E-state index contributed by atoms with van der Waals surface area (Å²) in [4.78, 5) is 28.3. The summed E-state index contributed by atoms with van der Waals surface area (Å²) in [6.07, 6.45) is 0.158. The number of amides is 2. The summed E-state index contributed by atoms with van der Waals surface area (Å²) in [7, 11) is 1.72. The van der Waals surface area contributed by atoms with E-state index in [2.05, 4.69) is 14.9 Å². The van der Waals surface area contributed by atoms with Gasteiger partial charge >= 0.3 is 0 Å². The van der Waals surface area contributed by atoms with Gasteiger partial charge in [0.15, 0.2) is 0 Å². The van der Waals surface area contributed by atoms with Crippen molar-refractivity contribution in [3.63, 3.8) is 0 Å². The Balaban J connectivity index is 1.45. The van der Waals surface area contributed by atoms with Gasteiger partial charge < -0.3 is 14.9 Å². The van der Waals surface area contributed by atoms with Gasteiger partial charge in [-0.05, 0) is 40.1 Å². The van der Waals surface area contributed by atoms with Crippen molar-refractivity contribution < 1.29 is 19.3 Å². The van der Waals surface area contributed by atoms with Crippen LogP contribution in [0, 0.1) is 5.92 Å². The van der Waals surface area contributed by atoms with Crippen LogP contribution in [-0.4, -0.2) is 45.7 Å². The number of phenolic OH excluding ortho intramolecular Hbond substituents is 1. The Morgan fingerprint density at radius 3 is 2.89 bits per heavy atom. The fraction of sp³-hybridized carbons (Fsp3) is 0.263. The van der Waals surface area contributed by atoms with Crippen LogP contribution in [0.4, 0.5) is 5.69 Å². The van der Waals surface area contributed by atoms with Crippen molar-refractivity contribution in [1.29, 1.82) is 0 Å². The number of benzene rings is 2. The molecular formula is C19H18N4O4. The van der Waals surface area contributed by atoms with Gasteiger partial charge in [-0.25, -0.2) is 4.63 Å². The van der Waals surface area contributed by atoms with Crippen LogP contribution in [-0.2, 0) is 16.1 Å². The molecule has 1 aromatic heterocycles. The van der Waals surface area contributed by atoms with E-state index < -0.39 is 5.92 Å². The Labute approximate surface area is 154 Å². The molecule has 0 radical (unpaired) electrons. The number of hydrogen-bond donors (Lipinski definition) is 1. The highest BCUT2D eigenvalue weighted by Gasteiger charge is 2.36. The molecule has 1 N–H and O–H groups in total. The van der Waals surface area contributed by atoms with Gasteiger partial charge in [-0.1, -0.05) is 12.1 Å². The Kier molecular flexibility index (Phi) is 4.23. The largest absolute Gasteiger partial charge is 0.508 e. The van der Waals surface area contributed by atoms with E-state index in [4.69, 9.17) is 0 Å². The minimum Gasteiger partial charge on any atom is -0.508 e. The molecule has 1 aliphatic rings. The van der Waals surface area contributed by atoms with Crippen molar-refractivity contribution in [3.8, 4) is 5.75 Å². The van der Waals surface area contributed by atoms with Crippen molar-refractivity contribution in [1.82, 2.24) is 15.2 Å². The molecule has 0 spiro atoms. The second-order valence-electron chi connectivity index (χ2n) is 6.71. The molecule has 1 atom stereocenters. The topological polar surface area (TPSA) is 99.8 Å². The van der Waals surface area contributed by atoms with Crippen LogP contribution in [0.15, 0.2) is 47.1 Å². The van der Waals surface area contributed by atoms with Gasteiger partial charge in [0, 0.05) is 38.3 Å². The number of carbonyl (C=O) groups excluding carboxylic acids is 2. The number of anilines is 1. The molecule has 2 amide bonds. The molecule has 3 aromatic rings. The zero-order valence-electron chi connectivity index (χ0n) is 14.7. The van der Waals surface area contributed by atoms with Crippen LogP contribution in [0.3, 0.4) is 0 Å². The second kappa shape index (κ2) is 6.71. The van der Waals surface area contributed by atoms with Gasteiger partial charge in [-0.2, -0.15) is 0 Å². The molecule has 138 valence electrons. The van der Waals surface area contributed by atoms with Crippen molar-refractivity contribution in [2.75, 3.05) is 18.5 Å². The van der Waals surface area contributed by atoms with Gasteiger partial charge in [0.05, 0.1) is 5.92 Å². The SMILES string of the molecule is CN(Cc1ccc2nonc2c1)C(=O)[C@H]1CC(=O)N(c2cccc(O)c2)C1. The van der Waals surface area contributed by atoms with Crippen molar-refractivity contribution in [2.45, 2.75) is 13.0 Å². The summed E-state index contributed by atoms with van der Waals surface area (Å²) < 4.78 is 4.69. The predicted molar refractivity (Wildman–Crippen MR) is 96.8 cm³/mol. The Hall–Kier alpha value is -3.42. The lowest BCUT2D eigenvalue weighted by molar-refractivity contribution is -0.135. The lowest BCUT2D eigenvalue weighted by Gasteiger charge is -2.21. The summed E-state index contributed by atoms with van der Waals surface area (Å²) in [6.45, 7) is 0.705. The highest BCUT2D eigenvalue weighted by molar-refractivity contribution is 6.00. The third kappa shape index (κ3) is 3.33. The minimum atomic E-state index is -0.415. The number of hydrogen-bond acceptors (Lipinski definition) is 6. The molecule has 8 heteroatoms. The maximum absolute atomic E-state index is 12.8. The molecule has 8 nitrogen and oxygen atoms in total. The quantitative estimate of drug-likeness (QED) is 0.757. The van der Waals surface area contributed by atoms with E-state index in [1.54, 1.807) is 41.1 Å². The number of phenols is 1. The molecule has 2 heterocycles. The number of aromatic hydroxyl groups is 1. The Bertz CT molecular complexity index is 1020. The zero-order chi connectivity index (χ0) is 19.0. The minimum absolute atomic E-state index is 0.0879. The predicted octanol–water partition coefficient (Wildman–Crippen LogP) is 1.94. The lowest BCUT2D eigenvalue weighted by atomic mass is 10.1. The van der Waals surface area contributed by atoms with Crippen LogP contribution >= 0.6 is 0 Å². The average Bonchev–Trinajstić information content (AvgIpc) is 3.27. The van der Waals surface area contributed by atoms with Gasteiger partial charge in [0.25, 0.3) is 0 Å². The van der Waals surface area contributed by atoms with Crippen molar-refractivity contribution >= 4 is 28.5 Å². The molecule has 0 unspecified atom stereocenters. The fourth-order valence-electron chi connectivity index (χ4n) is 3.37. The fourth-order valence-corrected chi connectivity index (χ4v) is 3.37. The molecule has 1 aliphatic heterocycles. The van der Waals surface area contributed by atoms with E-state index in [9.17, 15) is 14.7 Å². The third-order valence-corrected chi connectivity index (χ3v) is 4.73. The Morgan fingerprint density at radius 1 is 1.26 bits per heavy atom. The monoisotopic (exact) mass is 366 g/mol. The van der Waals surface area contributed by atoms with Gasteiger partial charge in [-0.3, -0.25) is 9.59 Å². The summed E-state index contributed by atoms with van der Waals surface area (Å²) in [5, 5.41) is 17.2. The van der Waals surface area contributed by atoms with Gasteiger partial charge in [-0.15, -0.1) is 0 Å². The summed E-state index contributed by atoms with van der Waals surface area (Å²) in [6, 6.07) is 12.0. The lowest BCUT2D eigenvalue weighted by Crippen LogP contribution is -2.34. The van der Waals surface area contributed by atoms with E-state index in [1.807, 2.05) is 12.1 Å². The number of nitrogens with zero attached hydrogens (tertiary/aromatic N) is 4. The second-order valence-corrected chi connectivity index (χ2v) is 6.71. The van der Waals surface area contributed by atoms with E-state index in [0.29, 0.717) is 29.8 Å². The first-order chi connectivity index (χ1) is 13.0. The smallest absolute Gasteiger partial charge is 0.228 e. The normalized spacial score (nSPS) is 16.9. The molecular weight excluding hydrogens is 348 g/mol. The molecule has 1 fully saturated rings. The van der Waals surface area contributed by atoms with Crippen molar-refractivity contribution in [2.24, 2.45) is 5.92 Å². The highest BCUT2D eigenvalue weighted by Crippen LogP contribution is 2.28. The summed E-state index contributed by atoms with van der Waals surface area (Å²) >= 11 is 0. The standard InChI is InChI=1S/C19H18N4O4/c1-22(10-12-5-6-16-17(7-12)21-27-20-16)19(26)13-8-18(25)23(11-13)14-3-2-4-15(24)9-14/h2-7,9,13,24H,8,10-11H2,1H3/t13-/m0/s1. The first kappa shape index (κ1) is 17.0. The van der Waals surface area contributed by atoms with Crippen LogP contribution in [0.2, 0.25) is 0 Å². The summed E-state index contributed by atoms with van der Waals surface area (Å²) in [5.74, 6) is -0.543. The van der Waals surface area contributed by atoms with E-state index >= 15 is 0 Å². The first-order valence-electron chi connectivity index (χ1n) is 8.57. The van der Waals surface area contributed by atoms with E-state index in [-0.39, 0.29) is 24.0 Å². The number of rotatable bonds is 4. The van der Waals surface area contributed by atoms with E-state index in [0.717, 1.165) is 5.56 Å². The first-order valence-corrected chi connectivity index (χ1v) is 8.57. The van der Waals surface area contributed by atoms with Crippen LogP contribution in [0.5, 0.6) is 5.75 Å². The average molecular weight is 366 g/mol. The Morgan fingerprint density at radius 2 is 2.07 bits per heavy atom. The molecule has 27 heavy (non-hydrogen) atoms. The number of carbonyl (C=O) groups is 2. The zero-order valence-corrected chi connectivity index (χ0v) is 14.7. The van der Waals surface area contributed by atoms with Gasteiger partial charge in [0.1, 0.15) is 16.8 Å². The third-order valence-electron chi connectivity index (χ3n) is 4.73. The number of fused-ring (bicyclic) bond motifs is 1. The number of aromatic nitrogens is 2. The molecule has 0 bridgehead atoms. The molecule has 4 rings (SSSR count). The molecule has 0 aliphatic carbocycles. The van der Waals surface area contributed by atoms with Crippen LogP contribution in [0.1, 0.15) is 12.0 Å². The van der Waals surface area contributed by atoms with E-state index in [1.165, 1.54) is 6.07 Å². The molecule has 1 saturated heterocycles.